The topological polar surface area (TPSA) is 22.1 Å². The highest BCUT2D eigenvalue weighted by atomic mass is 79.9. The van der Waals surface area contributed by atoms with Crippen molar-refractivity contribution in [3.63, 3.8) is 0 Å². The lowest BCUT2D eigenvalue weighted by atomic mass is 10.3. The largest absolute Gasteiger partial charge is 0.381 e. The average Bonchev–Trinajstić information content (AvgIpc) is 2.59. The average molecular weight is 244 g/mol. The molecule has 1 aromatic heterocycles. The number of pyridine rings is 1. The Kier molecular flexibility index (Phi) is 5.01. The first-order valence-electron chi connectivity index (χ1n) is 4.45. The maximum Gasteiger partial charge on any atom is 0.106 e. The van der Waals surface area contributed by atoms with Crippen molar-refractivity contribution in [2.45, 2.75) is 19.8 Å². The van der Waals surface area contributed by atoms with E-state index in [1.165, 1.54) is 18.4 Å². The maximum absolute atomic E-state index is 4.94. The van der Waals surface area contributed by atoms with Crippen molar-refractivity contribution in [1.29, 1.82) is 0 Å². The molecular weight excluding hydrogens is 230 g/mol. The highest BCUT2D eigenvalue weighted by molar-refractivity contribution is 9.10. The predicted molar refractivity (Wildman–Crippen MR) is 56.7 cm³/mol. The van der Waals surface area contributed by atoms with Crippen molar-refractivity contribution in [2.75, 3.05) is 13.2 Å². The third kappa shape index (κ3) is 5.01. The van der Waals surface area contributed by atoms with Crippen LogP contribution in [0.2, 0.25) is 0 Å². The second kappa shape index (κ2) is 6.11. The van der Waals surface area contributed by atoms with Gasteiger partial charge in [0.2, 0.25) is 0 Å². The van der Waals surface area contributed by atoms with E-state index in [1.54, 1.807) is 6.20 Å². The summed E-state index contributed by atoms with van der Waals surface area (Å²) in [6.07, 6.45) is 4.33. The summed E-state index contributed by atoms with van der Waals surface area (Å²) >= 11 is 3.25. The summed E-state index contributed by atoms with van der Waals surface area (Å²) in [7, 11) is 0. The smallest absolute Gasteiger partial charge is 0.106 e. The van der Waals surface area contributed by atoms with Gasteiger partial charge in [0, 0.05) is 19.4 Å². The van der Waals surface area contributed by atoms with Gasteiger partial charge in [-0.15, -0.1) is 0 Å². The second-order valence-corrected chi connectivity index (χ2v) is 3.79. The highest BCUT2D eigenvalue weighted by Crippen LogP contribution is 2.05. The van der Waals surface area contributed by atoms with E-state index in [1.807, 2.05) is 19.1 Å². The third-order valence-electron chi connectivity index (χ3n) is 1.71. The Morgan fingerprint density at radius 3 is 2.38 bits per heavy atom. The van der Waals surface area contributed by atoms with Gasteiger partial charge < -0.3 is 4.74 Å². The van der Waals surface area contributed by atoms with E-state index in [-0.39, 0.29) is 0 Å². The first-order valence-corrected chi connectivity index (χ1v) is 5.24. The molecule has 1 fully saturated rings. The van der Waals surface area contributed by atoms with E-state index in [4.69, 9.17) is 4.74 Å². The minimum absolute atomic E-state index is 0.900. The van der Waals surface area contributed by atoms with Gasteiger partial charge in [-0.25, -0.2) is 4.98 Å². The van der Waals surface area contributed by atoms with Crippen LogP contribution in [0, 0.1) is 6.92 Å². The molecule has 3 heteroatoms. The lowest BCUT2D eigenvalue weighted by Gasteiger charge is -1.88. The second-order valence-electron chi connectivity index (χ2n) is 2.98. The zero-order chi connectivity index (χ0) is 9.52. The van der Waals surface area contributed by atoms with Crippen LogP contribution in [0.25, 0.3) is 0 Å². The number of aromatic nitrogens is 1. The minimum Gasteiger partial charge on any atom is -0.381 e. The Bertz CT molecular complexity index is 224. The fraction of sp³-hybridized carbons (Fsp3) is 0.500. The number of nitrogens with zero attached hydrogens (tertiary/aromatic N) is 1. The van der Waals surface area contributed by atoms with E-state index in [0.29, 0.717) is 0 Å². The number of aryl methyl sites for hydroxylation is 1. The van der Waals surface area contributed by atoms with E-state index >= 15 is 0 Å². The van der Waals surface area contributed by atoms with Crippen molar-refractivity contribution in [2.24, 2.45) is 0 Å². The van der Waals surface area contributed by atoms with Crippen molar-refractivity contribution in [1.82, 2.24) is 4.98 Å². The molecule has 1 saturated heterocycles. The summed E-state index contributed by atoms with van der Waals surface area (Å²) in [5.41, 5.74) is 1.23. The van der Waals surface area contributed by atoms with Crippen LogP contribution >= 0.6 is 15.9 Å². The molecule has 0 N–H and O–H groups in total. The van der Waals surface area contributed by atoms with Crippen molar-refractivity contribution in [3.05, 3.63) is 28.5 Å². The van der Waals surface area contributed by atoms with Crippen LogP contribution in [0.5, 0.6) is 0 Å². The van der Waals surface area contributed by atoms with Crippen LogP contribution in [-0.4, -0.2) is 18.2 Å². The summed E-state index contributed by atoms with van der Waals surface area (Å²) in [6, 6.07) is 3.94. The molecule has 0 bridgehead atoms. The normalized spacial score (nSPS) is 14.9. The van der Waals surface area contributed by atoms with Crippen molar-refractivity contribution in [3.8, 4) is 0 Å². The standard InChI is InChI=1S/C6H6BrN.C4H8O/c1-5-2-3-8-6(7)4-5;1-2-4-5-3-1/h2-4H,1H3;1-4H2. The zero-order valence-corrected chi connectivity index (χ0v) is 9.38. The molecule has 0 aromatic carbocycles. The summed E-state index contributed by atoms with van der Waals surface area (Å²) in [5.74, 6) is 0. The van der Waals surface area contributed by atoms with Crippen LogP contribution in [0.3, 0.4) is 0 Å². The fourth-order valence-corrected chi connectivity index (χ4v) is 1.49. The predicted octanol–water partition coefficient (Wildman–Crippen LogP) is 2.95. The van der Waals surface area contributed by atoms with Crippen molar-refractivity contribution < 1.29 is 4.74 Å². The van der Waals surface area contributed by atoms with Gasteiger partial charge in [-0.2, -0.15) is 0 Å². The molecule has 1 aromatic rings. The highest BCUT2D eigenvalue weighted by Gasteiger charge is 1.94. The van der Waals surface area contributed by atoms with Gasteiger partial charge in [-0.1, -0.05) is 0 Å². The number of hydrogen-bond donors (Lipinski definition) is 0. The zero-order valence-electron chi connectivity index (χ0n) is 7.79. The molecule has 13 heavy (non-hydrogen) atoms. The number of halogens is 1. The summed E-state index contributed by atoms with van der Waals surface area (Å²) in [4.78, 5) is 3.96. The lowest BCUT2D eigenvalue weighted by molar-refractivity contribution is 0.198. The first kappa shape index (κ1) is 10.7. The van der Waals surface area contributed by atoms with Gasteiger partial charge in [0.15, 0.2) is 0 Å². The summed E-state index contributed by atoms with van der Waals surface area (Å²) in [6.45, 7) is 4.03. The molecule has 0 radical (unpaired) electrons. The molecule has 0 amide bonds. The maximum atomic E-state index is 4.94. The van der Waals surface area contributed by atoms with Gasteiger partial charge in [0.1, 0.15) is 4.60 Å². The molecule has 0 unspecified atom stereocenters. The van der Waals surface area contributed by atoms with Crippen LogP contribution in [0.1, 0.15) is 18.4 Å². The van der Waals surface area contributed by atoms with E-state index < -0.39 is 0 Å². The van der Waals surface area contributed by atoms with E-state index in [0.717, 1.165) is 17.8 Å². The first-order chi connectivity index (χ1) is 6.29. The van der Waals surface area contributed by atoms with Gasteiger partial charge in [0.05, 0.1) is 0 Å². The molecule has 2 heterocycles. The SMILES string of the molecule is C1CCOC1.Cc1ccnc(Br)c1. The van der Waals surface area contributed by atoms with Gasteiger partial charge in [0.25, 0.3) is 0 Å². The molecule has 72 valence electrons. The molecule has 0 atom stereocenters. The van der Waals surface area contributed by atoms with Crippen LogP contribution in [-0.2, 0) is 4.74 Å². The number of hydrogen-bond acceptors (Lipinski definition) is 2. The Balaban J connectivity index is 0.000000145. The lowest BCUT2D eigenvalue weighted by Crippen LogP contribution is -1.74. The Morgan fingerprint density at radius 2 is 2.08 bits per heavy atom. The Morgan fingerprint density at radius 1 is 1.38 bits per heavy atom. The van der Waals surface area contributed by atoms with Gasteiger partial charge in [-0.3, -0.25) is 0 Å². The fourth-order valence-electron chi connectivity index (χ4n) is 1.01. The van der Waals surface area contributed by atoms with E-state index in [2.05, 4.69) is 20.9 Å². The van der Waals surface area contributed by atoms with Crippen LogP contribution in [0.4, 0.5) is 0 Å². The molecule has 2 rings (SSSR count). The quantitative estimate of drug-likeness (QED) is 0.654. The molecule has 0 saturated carbocycles. The third-order valence-corrected chi connectivity index (χ3v) is 2.14. The summed E-state index contributed by atoms with van der Waals surface area (Å²) < 4.78 is 5.84. The van der Waals surface area contributed by atoms with Crippen LogP contribution in [0.15, 0.2) is 22.9 Å². The number of ether oxygens (including phenoxy) is 1. The monoisotopic (exact) mass is 243 g/mol. The van der Waals surface area contributed by atoms with Crippen LogP contribution < -0.4 is 0 Å². The molecular formula is C10H14BrNO. The van der Waals surface area contributed by atoms with E-state index in [9.17, 15) is 0 Å². The minimum atomic E-state index is 0.900. The molecule has 1 aliphatic rings. The molecule has 0 spiro atoms. The number of rotatable bonds is 0. The Hall–Kier alpha value is -0.410. The molecule has 0 aliphatic carbocycles. The van der Waals surface area contributed by atoms with Gasteiger partial charge >= 0.3 is 0 Å². The van der Waals surface area contributed by atoms with Crippen molar-refractivity contribution >= 4 is 15.9 Å². The molecule has 2 nitrogen and oxygen atoms in total. The van der Waals surface area contributed by atoms with Gasteiger partial charge in [-0.05, 0) is 53.4 Å². The Labute approximate surface area is 87.5 Å². The molecule has 1 aliphatic heterocycles. The summed E-state index contributed by atoms with van der Waals surface area (Å²) in [5, 5.41) is 0.